The zero-order chi connectivity index (χ0) is 8.72. The average molecular weight is 219 g/mol. The fourth-order valence-corrected chi connectivity index (χ4v) is 1.40. The van der Waals surface area contributed by atoms with Crippen molar-refractivity contribution >= 4 is 56.6 Å². The molecule has 0 atom stereocenters. The van der Waals surface area contributed by atoms with E-state index in [9.17, 15) is 9.59 Å². The molecule has 1 rings (SSSR count). The van der Waals surface area contributed by atoms with Crippen molar-refractivity contribution in [3.05, 3.63) is 11.9 Å². The second-order valence-corrected chi connectivity index (χ2v) is 4.95. The van der Waals surface area contributed by atoms with Crippen molar-refractivity contribution in [3.63, 3.8) is 0 Å². The van der Waals surface area contributed by atoms with Gasteiger partial charge in [0.2, 0.25) is 0 Å². The van der Waals surface area contributed by atoms with Crippen molar-refractivity contribution in [2.24, 2.45) is 0 Å². The molecule has 8 heteroatoms. The number of hydrogen-bond acceptors (Lipinski definition) is 5. The van der Waals surface area contributed by atoms with Crippen LogP contribution in [0.5, 0.6) is 0 Å². The SMILES string of the molecule is O=C1C=CP(O)(O)(O)C(=O)N1.[Ca+2]. The first-order valence-electron chi connectivity index (χ1n) is 2.61. The third-order valence-corrected chi connectivity index (χ3v) is 2.71. The van der Waals surface area contributed by atoms with E-state index in [0.29, 0.717) is 11.9 Å². The maximum atomic E-state index is 10.6. The number of carbonyl (C=O) groups excluding carboxylic acids is 2. The Morgan fingerprint density at radius 1 is 1.25 bits per heavy atom. The van der Waals surface area contributed by atoms with E-state index in [2.05, 4.69) is 0 Å². The summed E-state index contributed by atoms with van der Waals surface area (Å²) in [4.78, 5) is 47.4. The van der Waals surface area contributed by atoms with Gasteiger partial charge in [-0.3, -0.25) is 0 Å². The third kappa shape index (κ3) is 2.47. The monoisotopic (exact) mass is 219 g/mol. The van der Waals surface area contributed by atoms with E-state index in [4.69, 9.17) is 14.7 Å². The number of amides is 2. The summed E-state index contributed by atoms with van der Waals surface area (Å²) in [5, 5.41) is 1.55. The Kier molecular flexibility index (Phi) is 3.43. The van der Waals surface area contributed by atoms with E-state index in [0.717, 1.165) is 0 Å². The third-order valence-electron chi connectivity index (χ3n) is 1.12. The molecule has 0 aromatic carbocycles. The number of carbonyl (C=O) groups is 2. The number of rotatable bonds is 0. The Labute approximate surface area is 97.4 Å². The largest absolute Gasteiger partial charge is 2.00 e. The Hall–Kier alpha value is 0.450. The van der Waals surface area contributed by atoms with Gasteiger partial charge in [0.05, 0.1) is 0 Å². The summed E-state index contributed by atoms with van der Waals surface area (Å²) in [6, 6.07) is 0. The van der Waals surface area contributed by atoms with E-state index < -0.39 is 18.8 Å². The molecule has 0 radical (unpaired) electrons. The zero-order valence-corrected chi connectivity index (χ0v) is 9.07. The quantitative estimate of drug-likeness (QED) is 0.297. The predicted octanol–water partition coefficient (Wildman–Crippen LogP) is -1.36. The van der Waals surface area contributed by atoms with E-state index in [-0.39, 0.29) is 37.7 Å². The van der Waals surface area contributed by atoms with Crippen LogP contribution >= 0.6 is 7.28 Å². The molecule has 0 aliphatic carbocycles. The second kappa shape index (κ2) is 3.31. The molecular formula is C4H6CaNO5P+2. The molecule has 0 fully saturated rings. The van der Waals surface area contributed by atoms with Crippen LogP contribution in [0.2, 0.25) is 0 Å². The first-order chi connectivity index (χ1) is 4.80. The van der Waals surface area contributed by atoms with Crippen LogP contribution in [0, 0.1) is 0 Å². The van der Waals surface area contributed by atoms with Crippen LogP contribution in [0.1, 0.15) is 0 Å². The van der Waals surface area contributed by atoms with Crippen LogP contribution < -0.4 is 5.32 Å². The molecule has 2 amide bonds. The molecule has 0 saturated heterocycles. The minimum absolute atomic E-state index is 0. The van der Waals surface area contributed by atoms with Gasteiger partial charge in [0.15, 0.2) is 0 Å². The maximum absolute atomic E-state index is 10.6. The van der Waals surface area contributed by atoms with Crippen LogP contribution in [0.3, 0.4) is 0 Å². The van der Waals surface area contributed by atoms with Crippen molar-refractivity contribution in [2.75, 3.05) is 0 Å². The van der Waals surface area contributed by atoms with Gasteiger partial charge in [0.25, 0.3) is 0 Å². The normalized spacial score (nSPS) is 27.8. The van der Waals surface area contributed by atoms with Gasteiger partial charge in [0.1, 0.15) is 0 Å². The molecule has 0 spiro atoms. The van der Waals surface area contributed by atoms with Gasteiger partial charge in [-0.15, -0.1) is 0 Å². The van der Waals surface area contributed by atoms with Gasteiger partial charge in [-0.1, -0.05) is 0 Å². The Morgan fingerprint density at radius 3 is 2.08 bits per heavy atom. The van der Waals surface area contributed by atoms with Crippen molar-refractivity contribution < 1.29 is 24.3 Å². The summed E-state index contributed by atoms with van der Waals surface area (Å²) < 4.78 is 0. The van der Waals surface area contributed by atoms with Crippen molar-refractivity contribution in [3.8, 4) is 0 Å². The topological polar surface area (TPSA) is 107 Å². The molecule has 0 aromatic heterocycles. The molecule has 0 aromatic rings. The molecule has 6 nitrogen and oxygen atoms in total. The Morgan fingerprint density at radius 2 is 1.75 bits per heavy atom. The molecule has 0 saturated carbocycles. The zero-order valence-electron chi connectivity index (χ0n) is 5.97. The average Bonchev–Trinajstić information content (AvgIpc) is 1.81. The summed E-state index contributed by atoms with van der Waals surface area (Å²) in [6.45, 7) is 0. The number of nitrogens with one attached hydrogen (secondary N) is 1. The van der Waals surface area contributed by atoms with Gasteiger partial charge in [0, 0.05) is 0 Å². The fourth-order valence-electron chi connectivity index (χ4n) is 0.527. The van der Waals surface area contributed by atoms with Gasteiger partial charge >= 0.3 is 98.1 Å². The number of hydrogen-bond donors (Lipinski definition) is 4. The summed E-state index contributed by atoms with van der Waals surface area (Å²) in [6.07, 6.45) is 0.694. The predicted molar refractivity (Wildman–Crippen MR) is 42.0 cm³/mol. The van der Waals surface area contributed by atoms with E-state index in [1.165, 1.54) is 0 Å². The molecule has 62 valence electrons. The smallest absolute Gasteiger partial charge is 2.00 e. The molecule has 1 heterocycles. The van der Waals surface area contributed by atoms with Crippen LogP contribution in [-0.4, -0.2) is 64.0 Å². The van der Waals surface area contributed by atoms with Crippen LogP contribution in [0.25, 0.3) is 0 Å². The van der Waals surface area contributed by atoms with Crippen molar-refractivity contribution in [1.29, 1.82) is 0 Å². The van der Waals surface area contributed by atoms with Crippen LogP contribution in [-0.2, 0) is 4.79 Å². The molecule has 4 N–H and O–H groups in total. The summed E-state index contributed by atoms with van der Waals surface area (Å²) in [5.41, 5.74) is -1.46. The summed E-state index contributed by atoms with van der Waals surface area (Å²) in [7, 11) is -5.35. The Bertz CT molecular complexity index is 266. The van der Waals surface area contributed by atoms with Crippen LogP contribution in [0.4, 0.5) is 4.79 Å². The minimum atomic E-state index is -5.35. The molecule has 12 heavy (non-hydrogen) atoms. The van der Waals surface area contributed by atoms with Crippen LogP contribution in [0.15, 0.2) is 11.9 Å². The van der Waals surface area contributed by atoms with E-state index in [1.54, 1.807) is 5.32 Å². The first-order valence-corrected chi connectivity index (χ1v) is 4.78. The van der Waals surface area contributed by atoms with E-state index in [1.807, 2.05) is 0 Å². The molecular weight excluding hydrogens is 213 g/mol. The minimum Gasteiger partial charge on any atom is 2.00 e. The Balaban J connectivity index is 0.00000121. The number of imide groups is 1. The molecule has 1 aliphatic rings. The van der Waals surface area contributed by atoms with Gasteiger partial charge in [-0.2, -0.15) is 0 Å². The molecule has 0 unspecified atom stereocenters. The first kappa shape index (κ1) is 12.4. The second-order valence-electron chi connectivity index (χ2n) is 2.15. The van der Waals surface area contributed by atoms with E-state index >= 15 is 0 Å². The van der Waals surface area contributed by atoms with Crippen molar-refractivity contribution in [1.82, 2.24) is 5.32 Å². The summed E-state index contributed by atoms with van der Waals surface area (Å²) >= 11 is 0. The molecule has 0 bridgehead atoms. The van der Waals surface area contributed by atoms with Crippen molar-refractivity contribution in [2.45, 2.75) is 0 Å². The maximum Gasteiger partial charge on any atom is 2.00 e. The van der Waals surface area contributed by atoms with Gasteiger partial charge < -0.3 is 0 Å². The van der Waals surface area contributed by atoms with Gasteiger partial charge in [-0.05, 0) is 0 Å². The molecule has 1 aliphatic heterocycles. The standard InChI is InChI=1S/C4H6NO5P.Ca/c6-3-1-2-11(8,9,10)4(7)5-3;/h1-2,8-10H,(H,5,6,7);/q;+2. The van der Waals surface area contributed by atoms with Gasteiger partial charge in [-0.25, -0.2) is 0 Å². The summed E-state index contributed by atoms with van der Waals surface area (Å²) in [5.74, 6) is -0.361. The fraction of sp³-hybridized carbons (Fsp3) is 0.